The Morgan fingerprint density at radius 3 is 2.17 bits per heavy atom. The lowest BCUT2D eigenvalue weighted by Crippen LogP contribution is -2.38. The number of ether oxygens (including phenoxy) is 2. The fourth-order valence-corrected chi connectivity index (χ4v) is 3.57. The summed E-state index contributed by atoms with van der Waals surface area (Å²) in [5.74, 6) is 0.950. The molecule has 2 rings (SSSR count). The molecule has 0 aromatic heterocycles. The third kappa shape index (κ3) is 6.47. The van der Waals surface area contributed by atoms with Crippen LogP contribution in [0.2, 0.25) is 0 Å². The highest BCUT2D eigenvalue weighted by molar-refractivity contribution is 7.89. The topological polar surface area (TPSA) is 84.9 Å². The minimum absolute atomic E-state index is 0.195. The molecule has 8 heteroatoms. The Bertz CT molecular complexity index is 920. The van der Waals surface area contributed by atoms with Gasteiger partial charge >= 0.3 is 0 Å². The van der Waals surface area contributed by atoms with Gasteiger partial charge in [0.2, 0.25) is 10.0 Å². The normalized spacial score (nSPS) is 12.5. The van der Waals surface area contributed by atoms with E-state index in [0.717, 1.165) is 15.4 Å². The van der Waals surface area contributed by atoms with E-state index in [0.29, 0.717) is 18.0 Å². The highest BCUT2D eigenvalue weighted by Gasteiger charge is 2.17. The molecular weight excluding hydrogens is 392 g/mol. The summed E-state index contributed by atoms with van der Waals surface area (Å²) >= 11 is 0. The number of hydrogen-bond acceptors (Lipinski definition) is 5. The van der Waals surface area contributed by atoms with E-state index in [4.69, 9.17) is 9.47 Å². The van der Waals surface area contributed by atoms with Crippen molar-refractivity contribution in [3.8, 4) is 11.5 Å². The highest BCUT2D eigenvalue weighted by Crippen LogP contribution is 2.19. The summed E-state index contributed by atoms with van der Waals surface area (Å²) in [6, 6.07) is 12.0. The van der Waals surface area contributed by atoms with Gasteiger partial charge in [0.15, 0.2) is 6.10 Å². The number of benzene rings is 2. The molecule has 7 nitrogen and oxygen atoms in total. The Hall–Kier alpha value is -2.58. The van der Waals surface area contributed by atoms with Gasteiger partial charge in [-0.05, 0) is 68.3 Å². The van der Waals surface area contributed by atoms with Crippen LogP contribution in [-0.4, -0.2) is 52.0 Å². The standard InChI is InChI=1S/C21H28N2O5S/c1-15-12-16(2)14-19(13-15)28-17(3)21(24)22-10-11-27-18-6-8-20(9-7-18)29(25,26)23(4)5/h6-9,12-14,17H,10-11H2,1-5H3,(H,22,24)/t17-/m0/s1. The predicted molar refractivity (Wildman–Crippen MR) is 112 cm³/mol. The van der Waals surface area contributed by atoms with Crippen LogP contribution in [0.5, 0.6) is 11.5 Å². The van der Waals surface area contributed by atoms with Crippen LogP contribution in [-0.2, 0) is 14.8 Å². The Morgan fingerprint density at radius 2 is 1.62 bits per heavy atom. The van der Waals surface area contributed by atoms with Crippen LogP contribution >= 0.6 is 0 Å². The van der Waals surface area contributed by atoms with Gasteiger partial charge in [-0.25, -0.2) is 12.7 Å². The van der Waals surface area contributed by atoms with Crippen molar-refractivity contribution in [1.29, 1.82) is 0 Å². The van der Waals surface area contributed by atoms with Gasteiger partial charge in [0, 0.05) is 14.1 Å². The monoisotopic (exact) mass is 420 g/mol. The van der Waals surface area contributed by atoms with E-state index in [1.54, 1.807) is 19.1 Å². The molecule has 29 heavy (non-hydrogen) atoms. The fourth-order valence-electron chi connectivity index (χ4n) is 2.66. The lowest BCUT2D eigenvalue weighted by atomic mass is 10.1. The van der Waals surface area contributed by atoms with E-state index in [1.165, 1.54) is 26.2 Å². The molecular formula is C21H28N2O5S. The maximum Gasteiger partial charge on any atom is 0.260 e. The number of sulfonamides is 1. The zero-order valence-corrected chi connectivity index (χ0v) is 18.2. The Labute approximate surface area is 172 Å². The molecule has 0 aliphatic rings. The lowest BCUT2D eigenvalue weighted by molar-refractivity contribution is -0.127. The van der Waals surface area contributed by atoms with Gasteiger partial charge in [0.25, 0.3) is 5.91 Å². The molecule has 158 valence electrons. The van der Waals surface area contributed by atoms with Crippen LogP contribution in [0.4, 0.5) is 0 Å². The number of nitrogens with zero attached hydrogens (tertiary/aromatic N) is 1. The molecule has 0 aliphatic carbocycles. The number of amides is 1. The molecule has 0 saturated heterocycles. The molecule has 0 saturated carbocycles. The molecule has 0 aliphatic heterocycles. The molecule has 0 radical (unpaired) electrons. The second-order valence-electron chi connectivity index (χ2n) is 6.98. The number of nitrogens with one attached hydrogen (secondary N) is 1. The van der Waals surface area contributed by atoms with E-state index < -0.39 is 16.1 Å². The van der Waals surface area contributed by atoms with Crippen molar-refractivity contribution < 1.29 is 22.7 Å². The first kappa shape index (κ1) is 22.7. The fraction of sp³-hybridized carbons (Fsp3) is 0.381. The molecule has 0 unspecified atom stereocenters. The van der Waals surface area contributed by atoms with Crippen molar-refractivity contribution in [2.45, 2.75) is 31.8 Å². The van der Waals surface area contributed by atoms with Crippen LogP contribution in [0.15, 0.2) is 47.4 Å². The number of aryl methyl sites for hydroxylation is 2. The first-order valence-corrected chi connectivity index (χ1v) is 10.7. The molecule has 0 heterocycles. The quantitative estimate of drug-likeness (QED) is 0.630. The van der Waals surface area contributed by atoms with E-state index in [1.807, 2.05) is 32.0 Å². The van der Waals surface area contributed by atoms with Crippen molar-refractivity contribution in [3.05, 3.63) is 53.6 Å². The van der Waals surface area contributed by atoms with Gasteiger partial charge < -0.3 is 14.8 Å². The van der Waals surface area contributed by atoms with Crippen LogP contribution < -0.4 is 14.8 Å². The number of hydrogen-bond donors (Lipinski definition) is 1. The first-order valence-electron chi connectivity index (χ1n) is 9.27. The van der Waals surface area contributed by atoms with Gasteiger partial charge in [0.05, 0.1) is 11.4 Å². The molecule has 1 amide bonds. The number of carbonyl (C=O) groups is 1. The van der Waals surface area contributed by atoms with Crippen LogP contribution in [0.3, 0.4) is 0 Å². The first-order chi connectivity index (χ1) is 13.6. The minimum atomic E-state index is -3.46. The zero-order valence-electron chi connectivity index (χ0n) is 17.4. The summed E-state index contributed by atoms with van der Waals surface area (Å²) in [6.07, 6.45) is -0.633. The molecule has 2 aromatic carbocycles. The van der Waals surface area contributed by atoms with E-state index in [-0.39, 0.29) is 17.4 Å². The van der Waals surface area contributed by atoms with Gasteiger partial charge in [-0.3, -0.25) is 4.79 Å². The van der Waals surface area contributed by atoms with Gasteiger partial charge in [-0.2, -0.15) is 0 Å². The third-order valence-electron chi connectivity index (χ3n) is 4.15. The molecule has 0 spiro atoms. The van der Waals surface area contributed by atoms with Crippen molar-refractivity contribution in [2.24, 2.45) is 0 Å². The summed E-state index contributed by atoms with van der Waals surface area (Å²) in [5.41, 5.74) is 2.15. The second-order valence-corrected chi connectivity index (χ2v) is 9.13. The Morgan fingerprint density at radius 1 is 1.03 bits per heavy atom. The minimum Gasteiger partial charge on any atom is -0.492 e. The average Bonchev–Trinajstić information content (AvgIpc) is 2.64. The summed E-state index contributed by atoms with van der Waals surface area (Å²) in [6.45, 7) is 6.20. The maximum absolute atomic E-state index is 12.2. The molecule has 2 aromatic rings. The van der Waals surface area contributed by atoms with E-state index in [2.05, 4.69) is 5.32 Å². The van der Waals surface area contributed by atoms with Crippen molar-refractivity contribution in [1.82, 2.24) is 9.62 Å². The van der Waals surface area contributed by atoms with Crippen LogP contribution in [0.1, 0.15) is 18.1 Å². The van der Waals surface area contributed by atoms with Crippen molar-refractivity contribution in [2.75, 3.05) is 27.2 Å². The molecule has 1 N–H and O–H groups in total. The molecule has 1 atom stereocenters. The van der Waals surface area contributed by atoms with Crippen LogP contribution in [0, 0.1) is 13.8 Å². The summed E-state index contributed by atoms with van der Waals surface area (Å²) in [7, 11) is -0.505. The largest absolute Gasteiger partial charge is 0.492 e. The third-order valence-corrected chi connectivity index (χ3v) is 5.98. The number of carbonyl (C=O) groups excluding carboxylic acids is 1. The number of rotatable bonds is 9. The maximum atomic E-state index is 12.2. The van der Waals surface area contributed by atoms with Crippen molar-refractivity contribution in [3.63, 3.8) is 0 Å². The summed E-state index contributed by atoms with van der Waals surface area (Å²) < 4.78 is 36.5. The molecule has 0 bridgehead atoms. The van der Waals surface area contributed by atoms with E-state index >= 15 is 0 Å². The lowest BCUT2D eigenvalue weighted by Gasteiger charge is -2.16. The van der Waals surface area contributed by atoms with Gasteiger partial charge in [-0.15, -0.1) is 0 Å². The van der Waals surface area contributed by atoms with Gasteiger partial charge in [-0.1, -0.05) is 6.07 Å². The summed E-state index contributed by atoms with van der Waals surface area (Å²) in [4.78, 5) is 12.4. The summed E-state index contributed by atoms with van der Waals surface area (Å²) in [5, 5.41) is 2.76. The SMILES string of the molecule is Cc1cc(C)cc(O[C@@H](C)C(=O)NCCOc2ccc(S(=O)(=O)N(C)C)cc2)c1. The zero-order chi connectivity index (χ0) is 21.6. The molecule has 0 fully saturated rings. The smallest absolute Gasteiger partial charge is 0.260 e. The van der Waals surface area contributed by atoms with Gasteiger partial charge in [0.1, 0.15) is 18.1 Å². The Balaban J connectivity index is 1.79. The van der Waals surface area contributed by atoms with E-state index in [9.17, 15) is 13.2 Å². The van der Waals surface area contributed by atoms with Crippen LogP contribution in [0.25, 0.3) is 0 Å². The predicted octanol–water partition coefficient (Wildman–Crippen LogP) is 2.52. The Kier molecular flexibility index (Phi) is 7.64. The van der Waals surface area contributed by atoms with Crippen molar-refractivity contribution >= 4 is 15.9 Å². The second kappa shape index (κ2) is 9.76. The average molecular weight is 421 g/mol. The highest BCUT2D eigenvalue weighted by atomic mass is 32.2.